The van der Waals surface area contributed by atoms with Gasteiger partial charge in [-0.15, -0.1) is 0 Å². The molecular formula is C42H54N2O12. The van der Waals surface area contributed by atoms with Crippen molar-refractivity contribution in [2.75, 3.05) is 32.8 Å². The molecule has 0 aliphatic carbocycles. The molecule has 2 amide bonds. The zero-order chi connectivity index (χ0) is 40.5. The van der Waals surface area contributed by atoms with Crippen molar-refractivity contribution in [3.63, 3.8) is 0 Å². The van der Waals surface area contributed by atoms with Gasteiger partial charge in [0.05, 0.1) is 11.8 Å². The molecule has 0 radical (unpaired) electrons. The van der Waals surface area contributed by atoms with Gasteiger partial charge in [0, 0.05) is 26.2 Å². The second kappa shape index (κ2) is 18.6. The van der Waals surface area contributed by atoms with Gasteiger partial charge in [-0.2, -0.15) is 0 Å². The van der Waals surface area contributed by atoms with Crippen LogP contribution in [0.3, 0.4) is 0 Å². The quantitative estimate of drug-likeness (QED) is 0.175. The van der Waals surface area contributed by atoms with E-state index in [4.69, 9.17) is 33.2 Å². The van der Waals surface area contributed by atoms with Crippen molar-refractivity contribution in [1.29, 1.82) is 0 Å². The molecule has 5 rings (SSSR count). The van der Waals surface area contributed by atoms with Gasteiger partial charge in [-0.1, -0.05) is 60.7 Å². The summed E-state index contributed by atoms with van der Waals surface area (Å²) < 4.78 is 41.0. The van der Waals surface area contributed by atoms with E-state index in [1.165, 1.54) is 9.80 Å². The molecular weight excluding hydrogens is 724 g/mol. The molecule has 0 bridgehead atoms. The highest BCUT2D eigenvalue weighted by Gasteiger charge is 2.46. The van der Waals surface area contributed by atoms with Crippen molar-refractivity contribution >= 4 is 30.1 Å². The standard InChI is InChI=1S/C42H54N2O12/c1-41(2,3)55-39(48)43-21-13-19-30(23-43)36(45)52-27-32(53-37(46)31-20-14-22-44(24-31)40(49)56-42(4,5)6)33-34(50-25-28-15-9-7-10-16-28)35(38(47)54-33)51-26-29-17-11-8-12-18-29/h7-12,15-18,30-33H,13-14,19-27H2,1-6H3/t30?,31?,32-,33-/m1/s1. The van der Waals surface area contributed by atoms with E-state index in [1.54, 1.807) is 41.5 Å². The molecule has 0 N–H and O–H groups in total. The SMILES string of the molecule is CC(C)(C)OC(=O)N1CCCC(C(=O)OC[C@@H](OC(=O)C2CCCN(C(=O)OC(C)(C)C)C2)[C@H]2OC(=O)C(OCc3ccccc3)=C2OCc2ccccc2)C1. The number of piperidine rings is 2. The highest BCUT2D eigenvalue weighted by Crippen LogP contribution is 2.32. The normalized spacial score (nSPS) is 20.8. The van der Waals surface area contributed by atoms with E-state index in [2.05, 4.69) is 0 Å². The summed E-state index contributed by atoms with van der Waals surface area (Å²) in [6.45, 7) is 11.1. The molecule has 56 heavy (non-hydrogen) atoms. The Kier molecular flexibility index (Phi) is 13.9. The molecule has 4 atom stereocenters. The largest absolute Gasteiger partial charge is 0.485 e. The van der Waals surface area contributed by atoms with E-state index in [-0.39, 0.29) is 37.8 Å². The predicted molar refractivity (Wildman–Crippen MR) is 201 cm³/mol. The van der Waals surface area contributed by atoms with E-state index in [9.17, 15) is 24.0 Å². The van der Waals surface area contributed by atoms with E-state index in [0.29, 0.717) is 38.8 Å². The van der Waals surface area contributed by atoms with Crippen LogP contribution in [0.1, 0.15) is 78.4 Å². The average molecular weight is 779 g/mol. The molecule has 3 heterocycles. The Hall–Kier alpha value is -5.27. The second-order valence-corrected chi connectivity index (χ2v) is 16.2. The van der Waals surface area contributed by atoms with Gasteiger partial charge in [0.1, 0.15) is 31.0 Å². The van der Waals surface area contributed by atoms with Crippen LogP contribution in [0.25, 0.3) is 0 Å². The molecule has 3 aliphatic rings. The molecule has 304 valence electrons. The smallest absolute Gasteiger partial charge is 0.410 e. The molecule has 2 unspecified atom stereocenters. The van der Waals surface area contributed by atoms with Gasteiger partial charge < -0.3 is 43.0 Å². The van der Waals surface area contributed by atoms with Gasteiger partial charge in [0.2, 0.25) is 11.9 Å². The summed E-state index contributed by atoms with van der Waals surface area (Å²) in [6.07, 6.45) is -1.81. The number of cyclic esters (lactones) is 1. The molecule has 3 aliphatic heterocycles. The van der Waals surface area contributed by atoms with Crippen molar-refractivity contribution < 1.29 is 57.1 Å². The van der Waals surface area contributed by atoms with Crippen LogP contribution in [-0.4, -0.2) is 96.1 Å². The summed E-state index contributed by atoms with van der Waals surface area (Å²) in [6, 6.07) is 18.5. The Labute approximate surface area is 328 Å². The number of benzene rings is 2. The van der Waals surface area contributed by atoms with Crippen LogP contribution in [0, 0.1) is 11.8 Å². The topological polar surface area (TPSA) is 156 Å². The average Bonchev–Trinajstić information content (AvgIpc) is 3.48. The fraction of sp³-hybridized carbons (Fsp3) is 0.548. The maximum Gasteiger partial charge on any atom is 0.410 e. The van der Waals surface area contributed by atoms with Gasteiger partial charge in [-0.25, -0.2) is 14.4 Å². The zero-order valence-corrected chi connectivity index (χ0v) is 33.2. The summed E-state index contributed by atoms with van der Waals surface area (Å²) in [5.74, 6) is -3.76. The number of carbonyl (C=O) groups excluding carboxylic acids is 5. The van der Waals surface area contributed by atoms with Gasteiger partial charge in [-0.3, -0.25) is 9.59 Å². The first-order valence-corrected chi connectivity index (χ1v) is 19.2. The van der Waals surface area contributed by atoms with Crippen LogP contribution in [0.2, 0.25) is 0 Å². The Bertz CT molecular complexity index is 1720. The first-order chi connectivity index (χ1) is 26.6. The lowest BCUT2D eigenvalue weighted by Crippen LogP contribution is -2.47. The van der Waals surface area contributed by atoms with E-state index < -0.39 is 71.9 Å². The van der Waals surface area contributed by atoms with Gasteiger partial charge >= 0.3 is 30.1 Å². The van der Waals surface area contributed by atoms with E-state index in [0.717, 1.165) is 11.1 Å². The number of hydrogen-bond acceptors (Lipinski definition) is 12. The maximum atomic E-state index is 13.9. The number of carbonyl (C=O) groups is 5. The second-order valence-electron chi connectivity index (χ2n) is 16.2. The first-order valence-electron chi connectivity index (χ1n) is 19.2. The Morgan fingerprint density at radius 2 is 1.20 bits per heavy atom. The van der Waals surface area contributed by atoms with Crippen LogP contribution >= 0.6 is 0 Å². The van der Waals surface area contributed by atoms with Crippen molar-refractivity contribution in [2.24, 2.45) is 11.8 Å². The number of esters is 3. The molecule has 0 saturated carbocycles. The Morgan fingerprint density at radius 3 is 1.70 bits per heavy atom. The van der Waals surface area contributed by atoms with Crippen LogP contribution in [-0.2, 0) is 60.8 Å². The number of hydrogen-bond donors (Lipinski definition) is 0. The Balaban J connectivity index is 1.38. The molecule has 2 aromatic rings. The minimum atomic E-state index is -1.36. The lowest BCUT2D eigenvalue weighted by Gasteiger charge is -2.34. The lowest BCUT2D eigenvalue weighted by atomic mass is 9.98. The number of likely N-dealkylation sites (tertiary alicyclic amines) is 2. The first kappa shape index (κ1) is 41.9. The fourth-order valence-corrected chi connectivity index (χ4v) is 6.47. The molecule has 14 nitrogen and oxygen atoms in total. The van der Waals surface area contributed by atoms with Crippen molar-refractivity contribution in [2.45, 2.75) is 104 Å². The number of ether oxygens (including phenoxy) is 7. The number of nitrogens with zero attached hydrogens (tertiary/aromatic N) is 2. The third-order valence-corrected chi connectivity index (χ3v) is 9.17. The monoisotopic (exact) mass is 778 g/mol. The van der Waals surface area contributed by atoms with Crippen LogP contribution < -0.4 is 0 Å². The summed E-state index contributed by atoms with van der Waals surface area (Å²) in [5, 5.41) is 0. The Morgan fingerprint density at radius 1 is 0.714 bits per heavy atom. The third kappa shape index (κ3) is 12.1. The third-order valence-electron chi connectivity index (χ3n) is 9.17. The van der Waals surface area contributed by atoms with E-state index in [1.807, 2.05) is 60.7 Å². The van der Waals surface area contributed by atoms with Crippen molar-refractivity contribution in [3.05, 3.63) is 83.3 Å². The van der Waals surface area contributed by atoms with Crippen molar-refractivity contribution in [1.82, 2.24) is 9.80 Å². The van der Waals surface area contributed by atoms with Crippen LogP contribution in [0.5, 0.6) is 0 Å². The predicted octanol–water partition coefficient (Wildman–Crippen LogP) is 6.31. The molecule has 2 fully saturated rings. The maximum absolute atomic E-state index is 13.9. The summed E-state index contributed by atoms with van der Waals surface area (Å²) >= 11 is 0. The number of rotatable bonds is 12. The molecule has 0 spiro atoms. The van der Waals surface area contributed by atoms with Gasteiger partial charge in [-0.05, 0) is 78.4 Å². The van der Waals surface area contributed by atoms with Gasteiger partial charge in [0.15, 0.2) is 11.9 Å². The molecule has 2 aromatic carbocycles. The van der Waals surface area contributed by atoms with Gasteiger partial charge in [0.25, 0.3) is 0 Å². The van der Waals surface area contributed by atoms with Crippen LogP contribution in [0.15, 0.2) is 72.2 Å². The highest BCUT2D eigenvalue weighted by atomic mass is 16.6. The van der Waals surface area contributed by atoms with E-state index >= 15 is 0 Å². The lowest BCUT2D eigenvalue weighted by molar-refractivity contribution is -0.177. The minimum Gasteiger partial charge on any atom is -0.485 e. The van der Waals surface area contributed by atoms with Crippen molar-refractivity contribution in [3.8, 4) is 0 Å². The minimum absolute atomic E-state index is 0.0172. The molecule has 0 aromatic heterocycles. The zero-order valence-electron chi connectivity index (χ0n) is 33.2. The molecule has 14 heteroatoms. The molecule has 2 saturated heterocycles. The van der Waals surface area contributed by atoms with Crippen LogP contribution in [0.4, 0.5) is 9.59 Å². The fourth-order valence-electron chi connectivity index (χ4n) is 6.47. The highest BCUT2D eigenvalue weighted by molar-refractivity contribution is 5.90. The summed E-state index contributed by atoms with van der Waals surface area (Å²) in [4.78, 5) is 69.7. The number of amides is 2. The summed E-state index contributed by atoms with van der Waals surface area (Å²) in [5.41, 5.74) is 0.142. The summed E-state index contributed by atoms with van der Waals surface area (Å²) in [7, 11) is 0.